The first-order valence-electron chi connectivity index (χ1n) is 7.30. The van der Waals surface area contributed by atoms with Crippen LogP contribution < -0.4 is 4.90 Å². The average Bonchev–Trinajstić information content (AvgIpc) is 2.98. The summed E-state index contributed by atoms with van der Waals surface area (Å²) in [7, 11) is 0. The lowest BCUT2D eigenvalue weighted by Gasteiger charge is -2.30. The van der Waals surface area contributed by atoms with Gasteiger partial charge in [0.15, 0.2) is 0 Å². The molecule has 2 aromatic rings. The molecule has 5 heteroatoms. The van der Waals surface area contributed by atoms with Gasteiger partial charge in [-0.15, -0.1) is 0 Å². The Balaban J connectivity index is 2.02. The van der Waals surface area contributed by atoms with E-state index in [1.165, 1.54) is 19.3 Å². The maximum atomic E-state index is 11.0. The van der Waals surface area contributed by atoms with Gasteiger partial charge in [-0.1, -0.05) is 11.6 Å². The van der Waals surface area contributed by atoms with Crippen LogP contribution in [0.1, 0.15) is 35.3 Å². The number of benzene rings is 1. The van der Waals surface area contributed by atoms with E-state index >= 15 is 0 Å². The molecule has 0 bridgehead atoms. The Kier molecular flexibility index (Phi) is 3.64. The van der Waals surface area contributed by atoms with Gasteiger partial charge in [-0.05, 0) is 44.4 Å². The van der Waals surface area contributed by atoms with Crippen LogP contribution >= 0.6 is 0 Å². The highest BCUT2D eigenvalue weighted by atomic mass is 16.4. The zero-order valence-electron chi connectivity index (χ0n) is 12.1. The van der Waals surface area contributed by atoms with E-state index in [2.05, 4.69) is 33.3 Å². The van der Waals surface area contributed by atoms with Crippen LogP contribution in [0.15, 0.2) is 24.3 Å². The highest BCUT2D eigenvalue weighted by Crippen LogP contribution is 2.32. The number of aromatic nitrogens is 2. The lowest BCUT2D eigenvalue weighted by atomic mass is 10.0. The molecule has 2 N–H and O–H groups in total. The van der Waals surface area contributed by atoms with Crippen LogP contribution in [0, 0.1) is 6.92 Å². The third-order valence-corrected chi connectivity index (χ3v) is 3.93. The van der Waals surface area contributed by atoms with E-state index in [0.29, 0.717) is 5.69 Å². The van der Waals surface area contributed by atoms with Gasteiger partial charge in [-0.25, -0.2) is 4.79 Å². The molecule has 1 aliphatic heterocycles. The molecule has 1 aliphatic rings. The molecule has 1 saturated heterocycles. The van der Waals surface area contributed by atoms with Gasteiger partial charge in [0, 0.05) is 24.3 Å². The molecule has 1 aromatic carbocycles. The van der Waals surface area contributed by atoms with E-state index in [4.69, 9.17) is 5.11 Å². The first-order chi connectivity index (χ1) is 10.1. The first-order valence-corrected chi connectivity index (χ1v) is 7.30. The van der Waals surface area contributed by atoms with Gasteiger partial charge in [-0.2, -0.15) is 5.10 Å². The number of aromatic amines is 1. The number of anilines is 1. The number of nitrogens with one attached hydrogen (secondary N) is 1. The van der Waals surface area contributed by atoms with Crippen molar-refractivity contribution in [2.75, 3.05) is 18.0 Å². The zero-order valence-corrected chi connectivity index (χ0v) is 12.1. The summed E-state index contributed by atoms with van der Waals surface area (Å²) >= 11 is 0. The van der Waals surface area contributed by atoms with Crippen LogP contribution in [0.2, 0.25) is 0 Å². The summed E-state index contributed by atoms with van der Waals surface area (Å²) in [6.07, 6.45) is 3.69. The standard InChI is InChI=1S/C16H19N3O2/c1-11-5-6-15(19-7-3-2-4-8-19)12(9-11)13-10-14(16(20)21)18-17-13/h5-6,9-10H,2-4,7-8H2,1H3,(H,17,18)(H,20,21). The van der Waals surface area contributed by atoms with Crippen molar-refractivity contribution >= 4 is 11.7 Å². The number of aryl methyl sites for hydroxylation is 1. The van der Waals surface area contributed by atoms with E-state index in [9.17, 15) is 4.79 Å². The van der Waals surface area contributed by atoms with Crippen molar-refractivity contribution in [3.63, 3.8) is 0 Å². The number of aromatic carboxylic acids is 1. The maximum Gasteiger partial charge on any atom is 0.353 e. The summed E-state index contributed by atoms with van der Waals surface area (Å²) in [5, 5.41) is 15.8. The Morgan fingerprint density at radius 3 is 2.67 bits per heavy atom. The molecule has 21 heavy (non-hydrogen) atoms. The Hall–Kier alpha value is -2.30. The second-order valence-electron chi connectivity index (χ2n) is 5.54. The number of nitrogens with zero attached hydrogens (tertiary/aromatic N) is 2. The summed E-state index contributed by atoms with van der Waals surface area (Å²) in [4.78, 5) is 13.4. The Morgan fingerprint density at radius 1 is 1.24 bits per heavy atom. The maximum absolute atomic E-state index is 11.0. The van der Waals surface area contributed by atoms with Crippen molar-refractivity contribution in [1.82, 2.24) is 10.2 Å². The minimum Gasteiger partial charge on any atom is -0.477 e. The predicted molar refractivity (Wildman–Crippen MR) is 81.8 cm³/mol. The van der Waals surface area contributed by atoms with Gasteiger partial charge in [0.1, 0.15) is 5.69 Å². The number of carbonyl (C=O) groups is 1. The Labute approximate surface area is 123 Å². The van der Waals surface area contributed by atoms with Crippen LogP contribution in [-0.4, -0.2) is 34.4 Å². The monoisotopic (exact) mass is 285 g/mol. The smallest absolute Gasteiger partial charge is 0.353 e. The molecule has 0 radical (unpaired) electrons. The van der Waals surface area contributed by atoms with Crippen LogP contribution in [0.25, 0.3) is 11.3 Å². The Morgan fingerprint density at radius 2 is 2.00 bits per heavy atom. The normalized spacial score (nSPS) is 15.2. The van der Waals surface area contributed by atoms with E-state index in [0.717, 1.165) is 29.9 Å². The number of piperidine rings is 1. The van der Waals surface area contributed by atoms with Crippen molar-refractivity contribution < 1.29 is 9.90 Å². The summed E-state index contributed by atoms with van der Waals surface area (Å²) in [5.74, 6) is -0.985. The second-order valence-corrected chi connectivity index (χ2v) is 5.54. The zero-order chi connectivity index (χ0) is 14.8. The number of carboxylic acid groups (broad SMARTS) is 1. The minimum absolute atomic E-state index is 0.121. The molecule has 0 saturated carbocycles. The summed E-state index contributed by atoms with van der Waals surface area (Å²) in [5.41, 5.74) is 4.10. The second kappa shape index (κ2) is 5.60. The van der Waals surface area contributed by atoms with Crippen molar-refractivity contribution in [3.05, 3.63) is 35.5 Å². The number of carboxylic acids is 1. The molecule has 5 nitrogen and oxygen atoms in total. The lowest BCUT2D eigenvalue weighted by molar-refractivity contribution is 0.0690. The van der Waals surface area contributed by atoms with E-state index in [1.54, 1.807) is 6.07 Å². The summed E-state index contributed by atoms with van der Waals surface area (Å²) < 4.78 is 0. The molecule has 3 rings (SSSR count). The largest absolute Gasteiger partial charge is 0.477 e. The summed E-state index contributed by atoms with van der Waals surface area (Å²) in [6, 6.07) is 7.89. The predicted octanol–water partition coefficient (Wildman–Crippen LogP) is 3.07. The van der Waals surface area contributed by atoms with Crippen molar-refractivity contribution in [2.24, 2.45) is 0 Å². The van der Waals surface area contributed by atoms with Crippen LogP contribution in [-0.2, 0) is 0 Å². The molecule has 0 unspecified atom stereocenters. The molecule has 0 amide bonds. The van der Waals surface area contributed by atoms with Crippen molar-refractivity contribution in [1.29, 1.82) is 0 Å². The fourth-order valence-electron chi connectivity index (χ4n) is 2.83. The Bertz CT molecular complexity index is 657. The molecule has 110 valence electrons. The number of rotatable bonds is 3. The summed E-state index contributed by atoms with van der Waals surface area (Å²) in [6.45, 7) is 4.13. The van der Waals surface area contributed by atoms with E-state index in [-0.39, 0.29) is 5.69 Å². The molecule has 1 fully saturated rings. The van der Waals surface area contributed by atoms with Gasteiger partial charge >= 0.3 is 5.97 Å². The number of hydrogen-bond donors (Lipinski definition) is 2. The van der Waals surface area contributed by atoms with E-state index in [1.807, 2.05) is 6.92 Å². The fourth-order valence-corrected chi connectivity index (χ4v) is 2.83. The van der Waals surface area contributed by atoms with Crippen LogP contribution in [0.5, 0.6) is 0 Å². The lowest BCUT2D eigenvalue weighted by Crippen LogP contribution is -2.29. The third kappa shape index (κ3) is 2.77. The molecule has 0 spiro atoms. The topological polar surface area (TPSA) is 69.2 Å². The molecular weight excluding hydrogens is 266 g/mol. The van der Waals surface area contributed by atoms with Gasteiger partial charge in [-0.3, -0.25) is 5.10 Å². The number of hydrogen-bond acceptors (Lipinski definition) is 3. The highest BCUT2D eigenvalue weighted by molar-refractivity contribution is 5.88. The molecule has 0 aliphatic carbocycles. The molecule has 1 aromatic heterocycles. The fraction of sp³-hybridized carbons (Fsp3) is 0.375. The van der Waals surface area contributed by atoms with Gasteiger partial charge in [0.05, 0.1) is 5.69 Å². The molecule has 2 heterocycles. The van der Waals surface area contributed by atoms with Gasteiger partial charge in [0.2, 0.25) is 0 Å². The third-order valence-electron chi connectivity index (χ3n) is 3.93. The average molecular weight is 285 g/mol. The first kappa shape index (κ1) is 13.7. The van der Waals surface area contributed by atoms with Crippen LogP contribution in [0.4, 0.5) is 5.69 Å². The van der Waals surface area contributed by atoms with Crippen molar-refractivity contribution in [2.45, 2.75) is 26.2 Å². The van der Waals surface area contributed by atoms with Gasteiger partial charge < -0.3 is 10.0 Å². The minimum atomic E-state index is -0.985. The molecular formula is C16H19N3O2. The van der Waals surface area contributed by atoms with Crippen molar-refractivity contribution in [3.8, 4) is 11.3 Å². The highest BCUT2D eigenvalue weighted by Gasteiger charge is 2.18. The van der Waals surface area contributed by atoms with Crippen LogP contribution in [0.3, 0.4) is 0 Å². The van der Waals surface area contributed by atoms with Gasteiger partial charge in [0.25, 0.3) is 0 Å². The SMILES string of the molecule is Cc1ccc(N2CCCCC2)c(-c2cc(C(=O)O)[nH]n2)c1. The van der Waals surface area contributed by atoms with E-state index < -0.39 is 5.97 Å². The quantitative estimate of drug-likeness (QED) is 0.909. The number of H-pyrrole nitrogens is 1. The molecule has 0 atom stereocenters.